The van der Waals surface area contributed by atoms with E-state index < -0.39 is 10.9 Å². The topological polar surface area (TPSA) is 69.4 Å². The smallest absolute Gasteiger partial charge is 0.346 e. The molecule has 0 amide bonds. The average Bonchev–Trinajstić information content (AvgIpc) is 2.20. The van der Waals surface area contributed by atoms with E-state index in [4.69, 9.17) is 4.74 Å². The Labute approximate surface area is 108 Å². The Bertz CT molecular complexity index is 447. The Kier molecular flexibility index (Phi) is 4.43. The predicted octanol–water partition coefficient (Wildman–Crippen LogP) is 3.30. The summed E-state index contributed by atoms with van der Waals surface area (Å²) in [6.07, 6.45) is 0. The summed E-state index contributed by atoms with van der Waals surface area (Å²) in [5.74, 6) is -0.720. The molecular weight excluding hydrogens is 346 g/mol. The molecule has 7 heteroatoms. The number of hydrogen-bond acceptors (Lipinski definition) is 4. The van der Waals surface area contributed by atoms with Crippen LogP contribution in [-0.2, 0) is 4.74 Å². The lowest BCUT2D eigenvalue weighted by Gasteiger charge is -2.06. The fourth-order valence-corrected chi connectivity index (χ4v) is 2.07. The summed E-state index contributed by atoms with van der Waals surface area (Å²) >= 11 is 6.13. The SMILES string of the molecule is CCOC(=O)c1c(Br)ccc(Br)c1[N+](=O)[O-]. The highest BCUT2D eigenvalue weighted by atomic mass is 79.9. The summed E-state index contributed by atoms with van der Waals surface area (Å²) in [5, 5.41) is 10.9. The third-order valence-corrected chi connectivity index (χ3v) is 3.04. The molecule has 1 rings (SSSR count). The molecule has 0 heterocycles. The van der Waals surface area contributed by atoms with Crippen LogP contribution in [0.4, 0.5) is 5.69 Å². The molecule has 0 N–H and O–H groups in total. The van der Waals surface area contributed by atoms with Gasteiger partial charge in [0.05, 0.1) is 16.0 Å². The largest absolute Gasteiger partial charge is 0.462 e. The van der Waals surface area contributed by atoms with Crippen LogP contribution in [0.25, 0.3) is 0 Å². The molecule has 0 saturated heterocycles. The highest BCUT2D eigenvalue weighted by Crippen LogP contribution is 2.34. The van der Waals surface area contributed by atoms with E-state index in [1.165, 1.54) is 6.07 Å². The molecule has 0 unspecified atom stereocenters. The quantitative estimate of drug-likeness (QED) is 0.475. The second kappa shape index (κ2) is 5.40. The number of benzene rings is 1. The second-order valence-corrected chi connectivity index (χ2v) is 4.44. The number of nitrogens with zero attached hydrogens (tertiary/aromatic N) is 1. The van der Waals surface area contributed by atoms with E-state index in [1.54, 1.807) is 13.0 Å². The van der Waals surface area contributed by atoms with Crippen molar-refractivity contribution in [3.05, 3.63) is 36.8 Å². The van der Waals surface area contributed by atoms with Crippen LogP contribution in [0, 0.1) is 10.1 Å². The molecule has 0 saturated carbocycles. The first-order valence-electron chi connectivity index (χ1n) is 4.28. The molecule has 1 aromatic rings. The van der Waals surface area contributed by atoms with Gasteiger partial charge in [0.15, 0.2) is 5.56 Å². The fourth-order valence-electron chi connectivity index (χ4n) is 1.12. The van der Waals surface area contributed by atoms with Crippen molar-refractivity contribution in [2.75, 3.05) is 6.61 Å². The number of hydrogen-bond donors (Lipinski definition) is 0. The minimum atomic E-state index is -0.720. The summed E-state index contributed by atoms with van der Waals surface area (Å²) in [6, 6.07) is 3.04. The lowest BCUT2D eigenvalue weighted by Crippen LogP contribution is -2.09. The third-order valence-electron chi connectivity index (χ3n) is 1.74. The van der Waals surface area contributed by atoms with Crippen LogP contribution >= 0.6 is 31.9 Å². The molecule has 0 radical (unpaired) electrons. The van der Waals surface area contributed by atoms with Gasteiger partial charge in [-0.2, -0.15) is 0 Å². The molecule has 0 aliphatic rings. The van der Waals surface area contributed by atoms with Gasteiger partial charge in [-0.1, -0.05) is 0 Å². The van der Waals surface area contributed by atoms with E-state index in [-0.39, 0.29) is 22.3 Å². The number of rotatable bonds is 3. The van der Waals surface area contributed by atoms with Gasteiger partial charge in [0.25, 0.3) is 5.69 Å². The molecular formula is C9H7Br2NO4. The fraction of sp³-hybridized carbons (Fsp3) is 0.222. The highest BCUT2D eigenvalue weighted by Gasteiger charge is 2.27. The van der Waals surface area contributed by atoms with Crippen molar-refractivity contribution in [3.8, 4) is 0 Å². The van der Waals surface area contributed by atoms with E-state index in [2.05, 4.69) is 31.9 Å². The lowest BCUT2D eigenvalue weighted by atomic mass is 10.2. The van der Waals surface area contributed by atoms with Crippen molar-refractivity contribution in [2.45, 2.75) is 6.92 Å². The predicted molar refractivity (Wildman–Crippen MR) is 64.5 cm³/mol. The van der Waals surface area contributed by atoms with Crippen LogP contribution < -0.4 is 0 Å². The first kappa shape index (κ1) is 13.1. The van der Waals surface area contributed by atoms with Gasteiger partial charge in [-0.25, -0.2) is 4.79 Å². The summed E-state index contributed by atoms with van der Waals surface area (Å²) < 4.78 is 5.33. The van der Waals surface area contributed by atoms with Gasteiger partial charge in [0.2, 0.25) is 0 Å². The van der Waals surface area contributed by atoms with Gasteiger partial charge in [0.1, 0.15) is 0 Å². The molecule has 0 aromatic heterocycles. The Morgan fingerprint density at radius 3 is 2.50 bits per heavy atom. The second-order valence-electron chi connectivity index (χ2n) is 2.73. The van der Waals surface area contributed by atoms with Gasteiger partial charge >= 0.3 is 5.97 Å². The molecule has 16 heavy (non-hydrogen) atoms. The summed E-state index contributed by atoms with van der Waals surface area (Å²) in [6.45, 7) is 1.80. The zero-order valence-corrected chi connectivity index (χ0v) is 11.4. The Morgan fingerprint density at radius 1 is 1.44 bits per heavy atom. The molecule has 0 fully saturated rings. The monoisotopic (exact) mass is 351 g/mol. The number of halogens is 2. The Balaban J connectivity index is 3.40. The van der Waals surface area contributed by atoms with E-state index in [1.807, 2.05) is 0 Å². The van der Waals surface area contributed by atoms with Gasteiger partial charge < -0.3 is 4.74 Å². The number of carbonyl (C=O) groups is 1. The standard InChI is InChI=1S/C9H7Br2NO4/c1-2-16-9(13)7-5(10)3-4-6(11)8(7)12(14)15/h3-4H,2H2,1H3. The maximum absolute atomic E-state index is 11.6. The number of ether oxygens (including phenoxy) is 1. The zero-order valence-electron chi connectivity index (χ0n) is 8.20. The van der Waals surface area contributed by atoms with Crippen molar-refractivity contribution in [1.29, 1.82) is 0 Å². The summed E-state index contributed by atoms with van der Waals surface area (Å²) in [7, 11) is 0. The first-order chi connectivity index (χ1) is 7.49. The summed E-state index contributed by atoms with van der Waals surface area (Å²) in [4.78, 5) is 21.8. The first-order valence-corrected chi connectivity index (χ1v) is 5.87. The van der Waals surface area contributed by atoms with Crippen molar-refractivity contribution >= 4 is 43.5 Å². The number of nitro benzene ring substituents is 1. The molecule has 0 bridgehead atoms. The van der Waals surface area contributed by atoms with Gasteiger partial charge in [-0.15, -0.1) is 0 Å². The molecule has 0 aliphatic carbocycles. The van der Waals surface area contributed by atoms with E-state index in [0.717, 1.165) is 0 Å². The third kappa shape index (κ3) is 2.59. The maximum Gasteiger partial charge on any atom is 0.346 e. The van der Waals surface area contributed by atoms with Crippen LogP contribution in [0.5, 0.6) is 0 Å². The van der Waals surface area contributed by atoms with Crippen LogP contribution in [0.2, 0.25) is 0 Å². The number of carbonyl (C=O) groups excluding carboxylic acids is 1. The van der Waals surface area contributed by atoms with E-state index >= 15 is 0 Å². The normalized spacial score (nSPS) is 9.94. The molecule has 5 nitrogen and oxygen atoms in total. The van der Waals surface area contributed by atoms with Crippen molar-refractivity contribution in [1.82, 2.24) is 0 Å². The minimum Gasteiger partial charge on any atom is -0.462 e. The molecule has 0 spiro atoms. The lowest BCUT2D eigenvalue weighted by molar-refractivity contribution is -0.386. The number of nitro groups is 1. The van der Waals surface area contributed by atoms with Crippen LogP contribution in [-0.4, -0.2) is 17.5 Å². The minimum absolute atomic E-state index is 0.0822. The van der Waals surface area contributed by atoms with Crippen LogP contribution in [0.1, 0.15) is 17.3 Å². The van der Waals surface area contributed by atoms with Crippen LogP contribution in [0.15, 0.2) is 21.1 Å². The molecule has 0 atom stereocenters. The van der Waals surface area contributed by atoms with Crippen molar-refractivity contribution in [3.63, 3.8) is 0 Å². The van der Waals surface area contributed by atoms with Crippen molar-refractivity contribution < 1.29 is 14.5 Å². The van der Waals surface area contributed by atoms with Gasteiger partial charge in [-0.05, 0) is 50.9 Å². The Hall–Kier alpha value is -0.950. The van der Waals surface area contributed by atoms with E-state index in [9.17, 15) is 14.9 Å². The van der Waals surface area contributed by atoms with Crippen molar-refractivity contribution in [2.24, 2.45) is 0 Å². The molecule has 1 aromatic carbocycles. The van der Waals surface area contributed by atoms with E-state index in [0.29, 0.717) is 4.47 Å². The molecule has 86 valence electrons. The van der Waals surface area contributed by atoms with Crippen LogP contribution in [0.3, 0.4) is 0 Å². The molecule has 0 aliphatic heterocycles. The highest BCUT2D eigenvalue weighted by molar-refractivity contribution is 9.11. The number of esters is 1. The average molecular weight is 353 g/mol. The van der Waals surface area contributed by atoms with Gasteiger partial charge in [-0.3, -0.25) is 10.1 Å². The summed E-state index contributed by atoms with van der Waals surface area (Å²) in [5.41, 5.74) is -0.381. The van der Waals surface area contributed by atoms with Gasteiger partial charge in [0, 0.05) is 4.47 Å². The maximum atomic E-state index is 11.6. The Morgan fingerprint density at radius 2 is 2.00 bits per heavy atom. The zero-order chi connectivity index (χ0) is 12.3.